The van der Waals surface area contributed by atoms with Crippen LogP contribution in [0.5, 0.6) is 0 Å². The highest BCUT2D eigenvalue weighted by molar-refractivity contribution is 7.45. The van der Waals surface area contributed by atoms with E-state index in [2.05, 4.69) is 12.2 Å². The summed E-state index contributed by atoms with van der Waals surface area (Å²) < 4.78 is 29.2. The van der Waals surface area contributed by atoms with Crippen molar-refractivity contribution in [3.8, 4) is 0 Å². The lowest BCUT2D eigenvalue weighted by Crippen LogP contribution is -2.38. The SMILES string of the molecule is CCCCCCCCCCCCCCCCOCC(CNCC(=O)c1ccccc1)OP(=O)([O-])OCC[N+](C)(C)C. The number of Topliss-reactive ketones (excluding diaryl/α,β-unsaturated/α-hetero) is 1. The lowest BCUT2D eigenvalue weighted by Gasteiger charge is -2.30. The molecule has 0 aromatic heterocycles. The molecule has 0 aliphatic heterocycles. The van der Waals surface area contributed by atoms with E-state index in [4.69, 9.17) is 13.8 Å². The number of carbonyl (C=O) groups is 1. The van der Waals surface area contributed by atoms with Gasteiger partial charge in [-0.1, -0.05) is 121 Å². The molecule has 0 bridgehead atoms. The number of ketones is 1. The van der Waals surface area contributed by atoms with Crippen LogP contribution in [0.25, 0.3) is 0 Å². The maximum atomic E-state index is 12.4. The number of nitrogens with one attached hydrogen (secondary N) is 1. The Balaban J connectivity index is 2.27. The molecule has 1 N–H and O–H groups in total. The fourth-order valence-corrected chi connectivity index (χ4v) is 5.32. The number of quaternary nitrogens is 1. The first kappa shape index (κ1) is 37.9. The Morgan fingerprint density at radius 3 is 1.93 bits per heavy atom. The molecule has 0 fully saturated rings. The molecule has 0 amide bonds. The lowest BCUT2D eigenvalue weighted by atomic mass is 10.0. The fraction of sp³-hybridized carbons (Fsp3) is 0.781. The molecule has 0 saturated carbocycles. The minimum absolute atomic E-state index is 0.0385. The summed E-state index contributed by atoms with van der Waals surface area (Å²) in [5.41, 5.74) is 0.602. The molecular formula is C32H59N2O6P. The van der Waals surface area contributed by atoms with Crippen molar-refractivity contribution >= 4 is 13.6 Å². The number of phosphoric acid groups is 1. The Hall–Kier alpha value is -1.12. The molecule has 0 radical (unpaired) electrons. The smallest absolute Gasteiger partial charge is 0.268 e. The van der Waals surface area contributed by atoms with E-state index in [-0.39, 0.29) is 32.1 Å². The second-order valence-corrected chi connectivity index (χ2v) is 13.5. The first-order chi connectivity index (χ1) is 19.6. The van der Waals surface area contributed by atoms with Gasteiger partial charge in [-0.3, -0.25) is 9.36 Å². The quantitative estimate of drug-likeness (QED) is 0.0507. The van der Waals surface area contributed by atoms with Crippen molar-refractivity contribution < 1.29 is 32.5 Å². The first-order valence-electron chi connectivity index (χ1n) is 15.9. The number of carbonyl (C=O) groups excluding carboxylic acids is 1. The largest absolute Gasteiger partial charge is 0.756 e. The van der Waals surface area contributed by atoms with E-state index in [1.807, 2.05) is 39.3 Å². The molecule has 41 heavy (non-hydrogen) atoms. The zero-order valence-electron chi connectivity index (χ0n) is 26.5. The van der Waals surface area contributed by atoms with Crippen LogP contribution in [-0.2, 0) is 18.3 Å². The summed E-state index contributed by atoms with van der Waals surface area (Å²) in [6.07, 6.45) is 17.3. The van der Waals surface area contributed by atoms with Crippen LogP contribution in [0.1, 0.15) is 107 Å². The standard InChI is InChI=1S/C32H59N2O6P/c1-5-6-7-8-9-10-11-12-13-14-15-16-17-21-25-38-29-31(40-41(36,37)39-26-24-34(2,3)4)27-33-28-32(35)30-22-19-18-20-23-30/h18-20,22-23,31,33H,5-17,21,24-29H2,1-4H3. The second kappa shape index (κ2) is 23.3. The number of nitrogens with zero attached hydrogens (tertiary/aromatic N) is 1. The summed E-state index contributed by atoms with van der Waals surface area (Å²) in [6, 6.07) is 8.99. The Morgan fingerprint density at radius 1 is 0.854 bits per heavy atom. The fourth-order valence-electron chi connectivity index (χ4n) is 4.45. The molecule has 0 aliphatic carbocycles. The molecular weight excluding hydrogens is 539 g/mol. The second-order valence-electron chi connectivity index (χ2n) is 12.1. The van der Waals surface area contributed by atoms with Crippen molar-refractivity contribution in [3.63, 3.8) is 0 Å². The number of likely N-dealkylation sites (N-methyl/N-ethyl adjacent to an activating group) is 1. The lowest BCUT2D eigenvalue weighted by molar-refractivity contribution is -0.870. The highest BCUT2D eigenvalue weighted by Crippen LogP contribution is 2.39. The summed E-state index contributed by atoms with van der Waals surface area (Å²) in [5.74, 6) is -0.0721. The molecule has 1 aromatic carbocycles. The van der Waals surface area contributed by atoms with Gasteiger partial charge in [0.05, 0.1) is 34.3 Å². The molecule has 1 rings (SSSR count). The Morgan fingerprint density at radius 2 is 1.39 bits per heavy atom. The normalized spacial score (nSPS) is 14.2. The van der Waals surface area contributed by atoms with Crippen LogP contribution in [0.4, 0.5) is 0 Å². The van der Waals surface area contributed by atoms with E-state index in [9.17, 15) is 14.3 Å². The average molecular weight is 599 g/mol. The Kier molecular flexibility index (Phi) is 21.6. The summed E-state index contributed by atoms with van der Waals surface area (Å²) in [4.78, 5) is 24.8. The third kappa shape index (κ3) is 23.1. The van der Waals surface area contributed by atoms with Gasteiger partial charge < -0.3 is 28.5 Å². The van der Waals surface area contributed by atoms with Crippen molar-refractivity contribution in [1.29, 1.82) is 0 Å². The topological polar surface area (TPSA) is 96.9 Å². The molecule has 9 heteroatoms. The summed E-state index contributed by atoms with van der Waals surface area (Å²) in [5, 5.41) is 3.02. The highest BCUT2D eigenvalue weighted by atomic mass is 31.2. The number of hydrogen-bond acceptors (Lipinski definition) is 7. The van der Waals surface area contributed by atoms with Gasteiger partial charge in [0.15, 0.2) is 5.78 Å². The zero-order valence-corrected chi connectivity index (χ0v) is 27.3. The number of rotatable bonds is 28. The maximum absolute atomic E-state index is 12.4. The molecule has 0 heterocycles. The number of hydrogen-bond donors (Lipinski definition) is 1. The number of unbranched alkanes of at least 4 members (excludes halogenated alkanes) is 13. The van der Waals surface area contributed by atoms with Crippen LogP contribution in [0.2, 0.25) is 0 Å². The van der Waals surface area contributed by atoms with Gasteiger partial charge in [-0.05, 0) is 6.42 Å². The van der Waals surface area contributed by atoms with Crippen LogP contribution >= 0.6 is 7.82 Å². The Labute approximate surface area is 250 Å². The van der Waals surface area contributed by atoms with E-state index in [1.54, 1.807) is 12.1 Å². The van der Waals surface area contributed by atoms with Crippen molar-refractivity contribution in [2.75, 3.05) is 60.6 Å². The van der Waals surface area contributed by atoms with Crippen LogP contribution < -0.4 is 10.2 Å². The molecule has 2 atom stereocenters. The minimum atomic E-state index is -4.51. The predicted octanol–water partition coefficient (Wildman–Crippen LogP) is 6.53. The maximum Gasteiger partial charge on any atom is 0.268 e. The van der Waals surface area contributed by atoms with E-state index in [0.717, 1.165) is 12.8 Å². The van der Waals surface area contributed by atoms with Crippen LogP contribution in [0.15, 0.2) is 30.3 Å². The van der Waals surface area contributed by atoms with Gasteiger partial charge in [0.1, 0.15) is 19.3 Å². The van der Waals surface area contributed by atoms with Crippen molar-refractivity contribution in [3.05, 3.63) is 35.9 Å². The molecule has 2 unspecified atom stereocenters. The van der Waals surface area contributed by atoms with Crippen molar-refractivity contribution in [2.45, 2.75) is 103 Å². The van der Waals surface area contributed by atoms with E-state index in [1.165, 1.54) is 77.0 Å². The molecule has 0 spiro atoms. The summed E-state index contributed by atoms with van der Waals surface area (Å²) >= 11 is 0. The van der Waals surface area contributed by atoms with Gasteiger partial charge >= 0.3 is 0 Å². The first-order valence-corrected chi connectivity index (χ1v) is 17.4. The van der Waals surface area contributed by atoms with Crippen LogP contribution in [0, 0.1) is 0 Å². The van der Waals surface area contributed by atoms with Crippen LogP contribution in [-0.4, -0.2) is 77.0 Å². The van der Waals surface area contributed by atoms with Gasteiger partial charge in [0.2, 0.25) is 0 Å². The van der Waals surface area contributed by atoms with Crippen LogP contribution in [0.3, 0.4) is 0 Å². The highest BCUT2D eigenvalue weighted by Gasteiger charge is 2.20. The van der Waals surface area contributed by atoms with Crippen molar-refractivity contribution in [2.24, 2.45) is 0 Å². The molecule has 1 aromatic rings. The number of phosphoric ester groups is 1. The third-order valence-electron chi connectivity index (χ3n) is 6.99. The summed E-state index contributed by atoms with van der Waals surface area (Å²) in [6.45, 7) is 3.72. The molecule has 0 aliphatic rings. The van der Waals surface area contributed by atoms with Crippen molar-refractivity contribution in [1.82, 2.24) is 5.32 Å². The molecule has 0 saturated heterocycles. The number of benzene rings is 1. The van der Waals surface area contributed by atoms with Gasteiger partial charge in [-0.25, -0.2) is 0 Å². The predicted molar refractivity (Wildman–Crippen MR) is 166 cm³/mol. The van der Waals surface area contributed by atoms with Gasteiger partial charge in [0.25, 0.3) is 7.82 Å². The average Bonchev–Trinajstić information content (AvgIpc) is 2.92. The van der Waals surface area contributed by atoms with E-state index in [0.29, 0.717) is 23.2 Å². The van der Waals surface area contributed by atoms with Gasteiger partial charge in [0, 0.05) is 18.7 Å². The van der Waals surface area contributed by atoms with E-state index >= 15 is 0 Å². The van der Waals surface area contributed by atoms with Gasteiger partial charge in [-0.2, -0.15) is 0 Å². The minimum Gasteiger partial charge on any atom is -0.756 e. The molecule has 8 nitrogen and oxygen atoms in total. The zero-order chi connectivity index (χ0) is 30.2. The number of ether oxygens (including phenoxy) is 1. The van der Waals surface area contributed by atoms with Gasteiger partial charge in [-0.15, -0.1) is 0 Å². The van der Waals surface area contributed by atoms with E-state index < -0.39 is 13.9 Å². The summed E-state index contributed by atoms with van der Waals surface area (Å²) in [7, 11) is 1.37. The Bertz CT molecular complexity index is 818. The molecule has 238 valence electrons. The monoisotopic (exact) mass is 598 g/mol. The third-order valence-corrected chi connectivity index (χ3v) is 8.04.